The second-order valence-electron chi connectivity index (χ2n) is 8.16. The molecule has 1 atom stereocenters. The summed E-state index contributed by atoms with van der Waals surface area (Å²) in [4.78, 5) is 12.6. The van der Waals surface area contributed by atoms with E-state index in [1.807, 2.05) is 37.3 Å². The zero-order valence-corrected chi connectivity index (χ0v) is 18.6. The van der Waals surface area contributed by atoms with Crippen LogP contribution in [0.15, 0.2) is 48.5 Å². The number of hydrogen-bond donors (Lipinski definition) is 1. The zero-order chi connectivity index (χ0) is 21.6. The molecule has 0 bridgehead atoms. The molecule has 3 rings (SSSR count). The van der Waals surface area contributed by atoms with E-state index in [0.29, 0.717) is 12.1 Å². The second-order valence-corrected chi connectivity index (χ2v) is 10.4. The van der Waals surface area contributed by atoms with Gasteiger partial charge in [-0.3, -0.25) is 4.79 Å². The number of anilines is 1. The molecule has 0 aliphatic heterocycles. The predicted octanol–water partition coefficient (Wildman–Crippen LogP) is 5.08. The third kappa shape index (κ3) is 5.85. The molecule has 1 aliphatic rings. The van der Waals surface area contributed by atoms with Crippen LogP contribution in [0.2, 0.25) is 0 Å². The Labute approximate surface area is 179 Å². The number of hydrogen-bond acceptors (Lipinski definition) is 4. The van der Waals surface area contributed by atoms with E-state index >= 15 is 0 Å². The van der Waals surface area contributed by atoms with E-state index in [4.69, 9.17) is 4.74 Å². The van der Waals surface area contributed by atoms with Crippen molar-refractivity contribution in [1.82, 2.24) is 0 Å². The molecule has 1 fully saturated rings. The number of ether oxygens (including phenoxy) is 1. The smallest absolute Gasteiger partial charge is 0.224 e. The summed E-state index contributed by atoms with van der Waals surface area (Å²) in [5, 5.41) is 2.68. The van der Waals surface area contributed by atoms with E-state index in [0.717, 1.165) is 49.0 Å². The molecule has 0 radical (unpaired) electrons. The summed E-state index contributed by atoms with van der Waals surface area (Å²) in [6.45, 7) is 1.99. The van der Waals surface area contributed by atoms with Crippen molar-refractivity contribution in [2.45, 2.75) is 62.4 Å². The van der Waals surface area contributed by atoms with Crippen LogP contribution in [-0.4, -0.2) is 26.7 Å². The van der Waals surface area contributed by atoms with Crippen LogP contribution in [0.25, 0.3) is 0 Å². The molecule has 0 spiro atoms. The number of rotatable bonds is 8. The van der Waals surface area contributed by atoms with Crippen molar-refractivity contribution in [2.75, 3.05) is 12.4 Å². The van der Waals surface area contributed by atoms with E-state index < -0.39 is 9.84 Å². The standard InChI is InChI=1S/C24H31NO4S/c1-18(22-13-6-7-14-23(22)29-2)15-24(26)25-20-10-8-9-19(16-20)17-30(27,28)21-11-4-3-5-12-21/h6-10,13-14,16,18,21H,3-5,11-12,15,17H2,1-2H3,(H,25,26). The van der Waals surface area contributed by atoms with Gasteiger partial charge in [0.25, 0.3) is 0 Å². The lowest BCUT2D eigenvalue weighted by molar-refractivity contribution is -0.116. The van der Waals surface area contributed by atoms with Crippen molar-refractivity contribution < 1.29 is 17.9 Å². The van der Waals surface area contributed by atoms with Crippen LogP contribution in [0.3, 0.4) is 0 Å². The number of sulfone groups is 1. The number of amides is 1. The van der Waals surface area contributed by atoms with E-state index in [9.17, 15) is 13.2 Å². The van der Waals surface area contributed by atoms with E-state index in [1.54, 1.807) is 25.3 Å². The predicted molar refractivity (Wildman–Crippen MR) is 121 cm³/mol. The first-order valence-electron chi connectivity index (χ1n) is 10.6. The Morgan fingerprint density at radius 3 is 2.57 bits per heavy atom. The van der Waals surface area contributed by atoms with Crippen molar-refractivity contribution >= 4 is 21.4 Å². The summed E-state index contributed by atoms with van der Waals surface area (Å²) >= 11 is 0. The quantitative estimate of drug-likeness (QED) is 0.635. The molecule has 5 nitrogen and oxygen atoms in total. The second kappa shape index (κ2) is 10.1. The summed E-state index contributed by atoms with van der Waals surface area (Å²) in [5.74, 6) is 0.684. The van der Waals surface area contributed by atoms with Gasteiger partial charge in [0, 0.05) is 12.1 Å². The lowest BCUT2D eigenvalue weighted by atomic mass is 9.96. The van der Waals surface area contributed by atoms with E-state index in [2.05, 4.69) is 5.32 Å². The number of carbonyl (C=O) groups excluding carboxylic acids is 1. The topological polar surface area (TPSA) is 72.5 Å². The Balaban J connectivity index is 1.62. The molecule has 0 saturated heterocycles. The van der Waals surface area contributed by atoms with Gasteiger partial charge in [0.2, 0.25) is 5.91 Å². The first kappa shape index (κ1) is 22.3. The monoisotopic (exact) mass is 429 g/mol. The van der Waals surface area contributed by atoms with Crippen molar-refractivity contribution in [3.63, 3.8) is 0 Å². The SMILES string of the molecule is COc1ccccc1C(C)CC(=O)Nc1cccc(CS(=O)(=O)C2CCCCC2)c1. The van der Waals surface area contributed by atoms with Gasteiger partial charge in [-0.2, -0.15) is 0 Å². The first-order chi connectivity index (χ1) is 14.4. The van der Waals surface area contributed by atoms with Gasteiger partial charge in [0.1, 0.15) is 5.75 Å². The molecule has 1 amide bonds. The Bertz CT molecular complexity index is 965. The van der Waals surface area contributed by atoms with Crippen LogP contribution in [-0.2, 0) is 20.4 Å². The fraction of sp³-hybridized carbons (Fsp3) is 0.458. The molecule has 1 saturated carbocycles. The number of methoxy groups -OCH3 is 1. The number of carbonyl (C=O) groups is 1. The maximum absolute atomic E-state index is 12.8. The molecular weight excluding hydrogens is 398 g/mol. The van der Waals surface area contributed by atoms with Gasteiger partial charge in [-0.05, 0) is 48.1 Å². The summed E-state index contributed by atoms with van der Waals surface area (Å²) in [6, 6.07) is 14.9. The van der Waals surface area contributed by atoms with Crippen molar-refractivity contribution in [3.05, 3.63) is 59.7 Å². The van der Waals surface area contributed by atoms with Crippen LogP contribution in [0.5, 0.6) is 5.75 Å². The highest BCUT2D eigenvalue weighted by Crippen LogP contribution is 2.29. The van der Waals surface area contributed by atoms with Gasteiger partial charge in [-0.15, -0.1) is 0 Å². The van der Waals surface area contributed by atoms with Crippen LogP contribution in [0.4, 0.5) is 5.69 Å². The highest BCUT2D eigenvalue weighted by molar-refractivity contribution is 7.91. The highest BCUT2D eigenvalue weighted by Gasteiger charge is 2.27. The molecule has 6 heteroatoms. The van der Waals surface area contributed by atoms with E-state index in [-0.39, 0.29) is 22.8 Å². The van der Waals surface area contributed by atoms with Gasteiger partial charge in [0.05, 0.1) is 18.1 Å². The third-order valence-corrected chi connectivity index (χ3v) is 8.02. The van der Waals surface area contributed by atoms with Gasteiger partial charge < -0.3 is 10.1 Å². The highest BCUT2D eigenvalue weighted by atomic mass is 32.2. The van der Waals surface area contributed by atoms with E-state index in [1.165, 1.54) is 0 Å². The first-order valence-corrected chi connectivity index (χ1v) is 12.3. The summed E-state index contributed by atoms with van der Waals surface area (Å²) < 4.78 is 30.9. The molecule has 0 heterocycles. The summed E-state index contributed by atoms with van der Waals surface area (Å²) in [5.41, 5.74) is 2.34. The fourth-order valence-corrected chi connectivity index (χ4v) is 6.12. The minimum Gasteiger partial charge on any atom is -0.496 e. The average molecular weight is 430 g/mol. The van der Waals surface area contributed by atoms with Crippen LogP contribution in [0.1, 0.15) is 62.5 Å². The van der Waals surface area contributed by atoms with Crippen LogP contribution >= 0.6 is 0 Å². The Kier molecular flexibility index (Phi) is 7.53. The average Bonchev–Trinajstić information content (AvgIpc) is 2.74. The normalized spacial score (nSPS) is 16.1. The minimum atomic E-state index is -3.17. The number of nitrogens with one attached hydrogen (secondary N) is 1. The molecule has 1 aliphatic carbocycles. The maximum atomic E-state index is 12.8. The molecule has 1 unspecified atom stereocenters. The molecule has 1 N–H and O–H groups in total. The third-order valence-electron chi connectivity index (χ3n) is 5.80. The fourth-order valence-electron chi connectivity index (χ4n) is 4.19. The lowest BCUT2D eigenvalue weighted by Gasteiger charge is -2.21. The van der Waals surface area contributed by atoms with Gasteiger partial charge in [0.15, 0.2) is 9.84 Å². The molecule has 2 aromatic carbocycles. The lowest BCUT2D eigenvalue weighted by Crippen LogP contribution is -2.25. The summed E-state index contributed by atoms with van der Waals surface area (Å²) in [7, 11) is -1.55. The molecule has 2 aromatic rings. The Morgan fingerprint density at radius 2 is 1.83 bits per heavy atom. The largest absolute Gasteiger partial charge is 0.496 e. The van der Waals surface area contributed by atoms with Crippen molar-refractivity contribution in [2.24, 2.45) is 0 Å². The molecule has 0 aromatic heterocycles. The summed E-state index contributed by atoms with van der Waals surface area (Å²) in [6.07, 6.45) is 4.94. The van der Waals surface area contributed by atoms with Crippen LogP contribution < -0.4 is 10.1 Å². The molecular formula is C24H31NO4S. The molecule has 30 heavy (non-hydrogen) atoms. The zero-order valence-electron chi connectivity index (χ0n) is 17.8. The van der Waals surface area contributed by atoms with Crippen LogP contribution in [0, 0.1) is 0 Å². The van der Waals surface area contributed by atoms with Crippen molar-refractivity contribution in [3.8, 4) is 5.75 Å². The maximum Gasteiger partial charge on any atom is 0.224 e. The number of benzene rings is 2. The van der Waals surface area contributed by atoms with Gasteiger partial charge in [-0.25, -0.2) is 8.42 Å². The number of para-hydroxylation sites is 1. The Morgan fingerprint density at radius 1 is 1.10 bits per heavy atom. The van der Waals surface area contributed by atoms with Crippen molar-refractivity contribution in [1.29, 1.82) is 0 Å². The van der Waals surface area contributed by atoms with Gasteiger partial charge in [-0.1, -0.05) is 56.5 Å². The minimum absolute atomic E-state index is 0.00369. The van der Waals surface area contributed by atoms with Gasteiger partial charge >= 0.3 is 0 Å². The Hall–Kier alpha value is -2.34. The molecule has 162 valence electrons.